The molecule has 0 saturated carbocycles. The number of halogens is 1. The molecule has 2 heteroatoms. The minimum Gasteiger partial charge on any atom is -0.514 e. The van der Waals surface area contributed by atoms with Crippen LogP contribution >= 0.6 is 0 Å². The van der Waals surface area contributed by atoms with E-state index in [-0.39, 0.29) is 38.0 Å². The summed E-state index contributed by atoms with van der Waals surface area (Å²) in [6.45, 7) is 7.34. The van der Waals surface area contributed by atoms with E-state index in [0.29, 0.717) is 0 Å². The summed E-state index contributed by atoms with van der Waals surface area (Å²) in [4.78, 5) is 0. The van der Waals surface area contributed by atoms with Crippen LogP contribution in [0.4, 0.5) is 4.39 Å². The molecule has 0 aliphatic rings. The monoisotopic (exact) mass is 206 g/mol. The number of hydrogen-bond donors (Lipinski definition) is 0. The second-order valence-electron chi connectivity index (χ2n) is 2.65. The van der Waals surface area contributed by atoms with Gasteiger partial charge in [-0.05, 0) is 24.1 Å². The maximum atomic E-state index is 12.4. The van der Waals surface area contributed by atoms with Gasteiger partial charge in [-0.1, -0.05) is 19.1 Å². The average molecular weight is 206 g/mol. The van der Waals surface area contributed by atoms with Crippen LogP contribution in [-0.2, 0) is 6.42 Å². The molecule has 14 heavy (non-hydrogen) atoms. The van der Waals surface area contributed by atoms with Crippen molar-refractivity contribution < 1.29 is 4.39 Å². The molecule has 1 rings (SSSR count). The zero-order chi connectivity index (χ0) is 8.27. The largest absolute Gasteiger partial charge is 3.00 e. The van der Waals surface area contributed by atoms with Gasteiger partial charge in [-0.15, -0.1) is 0 Å². The van der Waals surface area contributed by atoms with E-state index in [2.05, 4.69) is 0 Å². The van der Waals surface area contributed by atoms with E-state index in [1.807, 2.05) is 6.92 Å². The second-order valence-corrected chi connectivity index (χ2v) is 2.65. The van der Waals surface area contributed by atoms with Gasteiger partial charge in [0, 0.05) is 0 Å². The minimum atomic E-state index is -0.205. The number of rotatable bonds is 2. The first kappa shape index (κ1) is 19.1. The predicted molar refractivity (Wildman–Crippen MR) is 62.2 cm³/mol. The summed E-state index contributed by atoms with van der Waals surface area (Å²) in [6.07, 6.45) is 0.722. The summed E-state index contributed by atoms with van der Waals surface area (Å²) in [5.74, 6) is -0.205. The molecule has 0 saturated heterocycles. The van der Waals surface area contributed by atoms with Crippen molar-refractivity contribution in [2.75, 3.05) is 0 Å². The van der Waals surface area contributed by atoms with Crippen LogP contribution in [0.2, 0.25) is 0 Å². The third-order valence-corrected chi connectivity index (χ3v) is 1.40. The smallest absolute Gasteiger partial charge is 0.514 e. The molecule has 0 N–H and O–H groups in total. The average Bonchev–Trinajstić information content (AvgIpc) is 1.93. The van der Waals surface area contributed by atoms with Gasteiger partial charge in [0.15, 0.2) is 0 Å². The summed E-state index contributed by atoms with van der Waals surface area (Å²) in [5.41, 5.74) is 1.89. The van der Waals surface area contributed by atoms with E-state index < -0.39 is 0 Å². The first-order valence-corrected chi connectivity index (χ1v) is 3.51. The Hall–Kier alpha value is -0.578. The summed E-state index contributed by atoms with van der Waals surface area (Å²) in [5, 5.41) is 0. The molecule has 1 aromatic rings. The molecular weight excluding hydrogens is 190 g/mol. The van der Waals surface area contributed by atoms with Gasteiger partial charge in [0.25, 0.3) is 0 Å². The summed E-state index contributed by atoms with van der Waals surface area (Å²) in [7, 11) is 0. The molecule has 0 amide bonds. The number of hydrogen-bond acceptors (Lipinski definition) is 0. The fourth-order valence-corrected chi connectivity index (χ4v) is 0.924. The Labute approximate surface area is 98.0 Å². The van der Waals surface area contributed by atoms with Gasteiger partial charge in [0.1, 0.15) is 5.82 Å². The van der Waals surface area contributed by atoms with Crippen LogP contribution in [0.25, 0.3) is 0 Å². The number of allylic oxidation sites excluding steroid dienone is 1. The Kier molecular flexibility index (Phi) is 12.3. The first-order chi connectivity index (χ1) is 5.18. The molecule has 0 aliphatic carbocycles. The second kappa shape index (κ2) is 9.00. The Morgan fingerprint density at radius 3 is 2.00 bits per heavy atom. The third kappa shape index (κ3) is 6.89. The van der Waals surface area contributed by atoms with Crippen molar-refractivity contribution in [1.29, 1.82) is 0 Å². The van der Waals surface area contributed by atoms with Gasteiger partial charge in [-0.25, -0.2) is 4.39 Å². The van der Waals surface area contributed by atoms with Crippen LogP contribution in [0.1, 0.15) is 12.5 Å². The van der Waals surface area contributed by atoms with Gasteiger partial charge in [0.2, 0.25) is 0 Å². The fourth-order valence-electron chi connectivity index (χ4n) is 0.924. The van der Waals surface area contributed by atoms with Crippen LogP contribution in [0.3, 0.4) is 0 Å². The van der Waals surface area contributed by atoms with Crippen LogP contribution < -0.4 is 0 Å². The maximum absolute atomic E-state index is 12.4. The van der Waals surface area contributed by atoms with Gasteiger partial charge < -0.3 is 21.4 Å². The van der Waals surface area contributed by atoms with Gasteiger partial charge in [-0.2, -0.15) is 0 Å². The van der Waals surface area contributed by atoms with Gasteiger partial charge in [-0.3, -0.25) is 5.57 Å². The van der Waals surface area contributed by atoms with Crippen molar-refractivity contribution in [1.82, 2.24) is 0 Å². The van der Waals surface area contributed by atoms with Crippen molar-refractivity contribution in [3.8, 4) is 0 Å². The fraction of sp³-hybridized carbons (Fsp3) is 0.167. The molecule has 0 fully saturated rings. The predicted octanol–water partition coefficient (Wildman–Crippen LogP) is 3.27. The van der Waals surface area contributed by atoms with Crippen LogP contribution in [-0.4, -0.2) is 17.4 Å². The van der Waals surface area contributed by atoms with Crippen LogP contribution in [0.5, 0.6) is 0 Å². The molecule has 0 spiro atoms. The van der Waals surface area contributed by atoms with Crippen molar-refractivity contribution in [3.63, 3.8) is 0 Å². The van der Waals surface area contributed by atoms with Crippen molar-refractivity contribution in [3.05, 3.63) is 62.7 Å². The first-order valence-electron chi connectivity index (χ1n) is 3.51. The molecule has 0 nitrogen and oxygen atoms in total. The third-order valence-electron chi connectivity index (χ3n) is 1.40. The Morgan fingerprint density at radius 1 is 1.21 bits per heavy atom. The minimum absolute atomic E-state index is 0. The maximum Gasteiger partial charge on any atom is 3.00 e. The Bertz CT molecular complexity index is 252. The van der Waals surface area contributed by atoms with Crippen molar-refractivity contribution >= 4 is 17.4 Å². The van der Waals surface area contributed by atoms with E-state index in [9.17, 15) is 4.39 Å². The van der Waals surface area contributed by atoms with E-state index >= 15 is 0 Å². The number of benzene rings is 1. The molecule has 0 heterocycles. The van der Waals surface area contributed by atoms with Crippen LogP contribution in [0.15, 0.2) is 29.8 Å². The molecule has 0 aromatic heterocycles. The SMILES string of the molecule is [Al+3].[CH-]=C(C)Cc1ccc(F)cc1.[CH3-].[CH3-]. The molecule has 1 aromatic carbocycles. The van der Waals surface area contributed by atoms with E-state index in [0.717, 1.165) is 17.6 Å². The summed E-state index contributed by atoms with van der Waals surface area (Å²) >= 11 is 0. The molecule has 0 bridgehead atoms. The summed E-state index contributed by atoms with van der Waals surface area (Å²) < 4.78 is 12.4. The van der Waals surface area contributed by atoms with Gasteiger partial charge in [0.05, 0.1) is 0 Å². The standard InChI is InChI=1S/C10H10F.2CH3.Al/c1-8(2)7-9-3-5-10(11)6-4-9;;;/h1,3-6H,7H2,2H3;2*1H3;/q3*-1;+3. The summed E-state index contributed by atoms with van der Waals surface area (Å²) in [6, 6.07) is 6.37. The quantitative estimate of drug-likeness (QED) is 0.514. The van der Waals surface area contributed by atoms with E-state index in [1.54, 1.807) is 12.1 Å². The Balaban J connectivity index is -0.000000403. The zero-order valence-electron chi connectivity index (χ0n) is 9.05. The van der Waals surface area contributed by atoms with Crippen LogP contribution in [0, 0.1) is 27.2 Å². The molecule has 74 valence electrons. The van der Waals surface area contributed by atoms with E-state index in [1.165, 1.54) is 12.1 Å². The topological polar surface area (TPSA) is 0 Å². The van der Waals surface area contributed by atoms with Crippen molar-refractivity contribution in [2.45, 2.75) is 13.3 Å². The normalized spacial score (nSPS) is 7.57. The van der Waals surface area contributed by atoms with E-state index in [4.69, 9.17) is 6.58 Å². The molecular formula is C12H16AlF. The molecule has 0 unspecified atom stereocenters. The Morgan fingerprint density at radius 2 is 1.64 bits per heavy atom. The molecule has 0 radical (unpaired) electrons. The van der Waals surface area contributed by atoms with Gasteiger partial charge >= 0.3 is 17.4 Å². The molecule has 0 aliphatic heterocycles. The zero-order valence-corrected chi connectivity index (χ0v) is 10.2. The molecule has 0 atom stereocenters. The van der Waals surface area contributed by atoms with Crippen molar-refractivity contribution in [2.24, 2.45) is 0 Å².